The van der Waals surface area contributed by atoms with Gasteiger partial charge in [-0.05, 0) is 56.4 Å². The van der Waals surface area contributed by atoms with Gasteiger partial charge in [-0.25, -0.2) is 0 Å². The van der Waals surface area contributed by atoms with E-state index in [1.54, 1.807) is 48.5 Å². The zero-order valence-electron chi connectivity index (χ0n) is 24.8. The summed E-state index contributed by atoms with van der Waals surface area (Å²) in [4.78, 5) is 73.7. The zero-order chi connectivity index (χ0) is 32.2. The highest BCUT2D eigenvalue weighted by atomic mass is 16.5. The molecule has 2 heterocycles. The molecule has 232 valence electrons. The quantitative estimate of drug-likeness (QED) is 0.203. The van der Waals surface area contributed by atoms with Gasteiger partial charge in [0.15, 0.2) is 0 Å². The van der Waals surface area contributed by atoms with Crippen LogP contribution in [0.4, 0.5) is 0 Å². The van der Waals surface area contributed by atoms with Gasteiger partial charge in [-0.1, -0.05) is 30.7 Å². The van der Waals surface area contributed by atoms with Crippen LogP contribution in [0.1, 0.15) is 80.0 Å². The first-order chi connectivity index (χ1) is 21.2. The molecule has 44 heavy (non-hydrogen) atoms. The van der Waals surface area contributed by atoms with Gasteiger partial charge >= 0.3 is 11.9 Å². The number of benzene rings is 2. The van der Waals surface area contributed by atoms with Gasteiger partial charge < -0.3 is 15.2 Å². The number of nitrogens with two attached hydrogens (primary N) is 1. The van der Waals surface area contributed by atoms with Gasteiger partial charge in [0, 0.05) is 19.6 Å². The van der Waals surface area contributed by atoms with Crippen LogP contribution in [0.25, 0.3) is 0 Å². The van der Waals surface area contributed by atoms with Crippen molar-refractivity contribution in [3.63, 3.8) is 0 Å². The number of ether oxygens (including phenoxy) is 2. The van der Waals surface area contributed by atoms with Gasteiger partial charge in [0.05, 0.1) is 48.5 Å². The van der Waals surface area contributed by atoms with Crippen molar-refractivity contribution in [1.82, 2.24) is 9.80 Å². The lowest BCUT2D eigenvalue weighted by Crippen LogP contribution is -2.31. The molecule has 4 rings (SSSR count). The zero-order valence-corrected chi connectivity index (χ0v) is 24.8. The number of nitriles is 1. The van der Waals surface area contributed by atoms with Crippen LogP contribution >= 0.6 is 0 Å². The van der Waals surface area contributed by atoms with Crippen molar-refractivity contribution in [2.24, 2.45) is 17.6 Å². The van der Waals surface area contributed by atoms with Crippen LogP contribution < -0.4 is 5.73 Å². The van der Waals surface area contributed by atoms with Crippen molar-refractivity contribution >= 4 is 35.6 Å². The predicted octanol–water partition coefficient (Wildman–Crippen LogP) is 2.97. The minimum Gasteiger partial charge on any atom is -0.469 e. The monoisotopic (exact) mass is 604 g/mol. The normalized spacial score (nSPS) is 14.7. The molecule has 2 aromatic rings. The molecule has 12 heteroatoms. The minimum absolute atomic E-state index is 0.236. The molecule has 2 aliphatic heterocycles. The highest BCUT2D eigenvalue weighted by Crippen LogP contribution is 2.24. The van der Waals surface area contributed by atoms with E-state index in [4.69, 9.17) is 11.0 Å². The third-order valence-electron chi connectivity index (χ3n) is 7.53. The Balaban J connectivity index is 0.000000240. The van der Waals surface area contributed by atoms with Gasteiger partial charge in [0.25, 0.3) is 23.6 Å². The topological polar surface area (TPSA) is 177 Å². The van der Waals surface area contributed by atoms with E-state index in [1.807, 2.05) is 6.07 Å². The maximum absolute atomic E-state index is 12.2. The maximum atomic E-state index is 12.2. The van der Waals surface area contributed by atoms with Crippen molar-refractivity contribution < 1.29 is 38.2 Å². The molecule has 4 amide bonds. The first-order valence-electron chi connectivity index (χ1n) is 14.4. The lowest BCUT2D eigenvalue weighted by molar-refractivity contribution is -0.145. The van der Waals surface area contributed by atoms with Crippen molar-refractivity contribution in [3.05, 3.63) is 70.8 Å². The number of esters is 2. The average Bonchev–Trinajstić information content (AvgIpc) is 3.44. The van der Waals surface area contributed by atoms with E-state index in [-0.39, 0.29) is 48.6 Å². The SMILES string of the molecule is COC(=O)C(C#N)CCCCN1C(=O)c2ccccc2C1=O.COC(=O)C(CN)CCCCN1C(=O)c2ccccc2C1=O. The number of carbonyl (C=O) groups excluding carboxylic acids is 6. The van der Waals surface area contributed by atoms with Crippen LogP contribution in [0.5, 0.6) is 0 Å². The number of amides is 4. The van der Waals surface area contributed by atoms with Crippen molar-refractivity contribution in [3.8, 4) is 6.07 Å². The molecule has 0 saturated carbocycles. The standard InChI is InChI=1S/C16H20N2O4.C16H16N2O4/c2*1-22-16(21)11(10-17)6-4-5-9-18-14(19)12-7-2-3-8-13(12)15(18)20/h2-3,7-8,11H,4-6,9-10,17H2,1H3;2-3,7-8,11H,4-6,9H2,1H3. The highest BCUT2D eigenvalue weighted by molar-refractivity contribution is 6.22. The summed E-state index contributed by atoms with van der Waals surface area (Å²) in [7, 11) is 2.58. The molecule has 0 aliphatic carbocycles. The Morgan fingerprint density at radius 2 is 1.09 bits per heavy atom. The number of imide groups is 2. The molecule has 2 N–H and O–H groups in total. The molecule has 2 aromatic carbocycles. The average molecular weight is 605 g/mol. The third-order valence-corrected chi connectivity index (χ3v) is 7.53. The summed E-state index contributed by atoms with van der Waals surface area (Å²) in [5.74, 6) is -3.06. The molecule has 2 unspecified atom stereocenters. The number of methoxy groups -OCH3 is 2. The number of nitrogens with zero attached hydrogens (tertiary/aromatic N) is 3. The van der Waals surface area contributed by atoms with Gasteiger partial charge in [0.2, 0.25) is 0 Å². The summed E-state index contributed by atoms with van der Waals surface area (Å²) in [6, 6.07) is 15.4. The van der Waals surface area contributed by atoms with Gasteiger partial charge in [-0.15, -0.1) is 0 Å². The van der Waals surface area contributed by atoms with Crippen LogP contribution in [0.15, 0.2) is 48.5 Å². The van der Waals surface area contributed by atoms with Crippen molar-refractivity contribution in [2.75, 3.05) is 33.9 Å². The molecule has 0 saturated heterocycles. The van der Waals surface area contributed by atoms with E-state index in [2.05, 4.69) is 9.47 Å². The summed E-state index contributed by atoms with van der Waals surface area (Å²) >= 11 is 0. The fraction of sp³-hybridized carbons (Fsp3) is 0.406. The van der Waals surface area contributed by atoms with Crippen LogP contribution in [0.3, 0.4) is 0 Å². The molecule has 12 nitrogen and oxygen atoms in total. The van der Waals surface area contributed by atoms with Crippen LogP contribution in [-0.2, 0) is 19.1 Å². The Morgan fingerprint density at radius 1 is 0.705 bits per heavy atom. The molecular formula is C32H36N4O8. The lowest BCUT2D eigenvalue weighted by Gasteiger charge is -2.15. The summed E-state index contributed by atoms with van der Waals surface area (Å²) < 4.78 is 9.20. The van der Waals surface area contributed by atoms with Gasteiger partial charge in [0.1, 0.15) is 5.92 Å². The number of hydrogen-bond acceptors (Lipinski definition) is 10. The van der Waals surface area contributed by atoms with E-state index < -0.39 is 11.9 Å². The first-order valence-corrected chi connectivity index (χ1v) is 14.4. The second-order valence-electron chi connectivity index (χ2n) is 10.3. The predicted molar refractivity (Wildman–Crippen MR) is 157 cm³/mol. The van der Waals surface area contributed by atoms with Gasteiger partial charge in [-0.3, -0.25) is 38.6 Å². The summed E-state index contributed by atoms with van der Waals surface area (Å²) in [5.41, 5.74) is 7.31. The van der Waals surface area contributed by atoms with Crippen molar-refractivity contribution in [2.45, 2.75) is 38.5 Å². The Hall–Kier alpha value is -4.89. The van der Waals surface area contributed by atoms with E-state index >= 15 is 0 Å². The van der Waals surface area contributed by atoms with Crippen LogP contribution in [-0.4, -0.2) is 79.2 Å². The molecule has 0 aromatic heterocycles. The van der Waals surface area contributed by atoms with Crippen molar-refractivity contribution in [1.29, 1.82) is 5.26 Å². The van der Waals surface area contributed by atoms with Gasteiger partial charge in [-0.2, -0.15) is 5.26 Å². The van der Waals surface area contributed by atoms with Crippen LogP contribution in [0, 0.1) is 23.2 Å². The molecule has 0 radical (unpaired) electrons. The number of unbranched alkanes of at least 4 members (excludes halogenated alkanes) is 2. The maximum Gasteiger partial charge on any atom is 0.323 e. The largest absolute Gasteiger partial charge is 0.469 e. The highest BCUT2D eigenvalue weighted by Gasteiger charge is 2.35. The Kier molecular flexibility index (Phi) is 12.3. The Bertz CT molecular complexity index is 1380. The van der Waals surface area contributed by atoms with E-state index in [1.165, 1.54) is 24.0 Å². The number of hydrogen-bond donors (Lipinski definition) is 1. The summed E-state index contributed by atoms with van der Waals surface area (Å²) in [6.45, 7) is 0.871. The second kappa shape index (κ2) is 16.1. The summed E-state index contributed by atoms with van der Waals surface area (Å²) in [6.07, 6.45) is 3.38. The number of rotatable bonds is 13. The Labute approximate surface area is 255 Å². The van der Waals surface area contributed by atoms with E-state index in [0.29, 0.717) is 67.3 Å². The lowest BCUT2D eigenvalue weighted by atomic mass is 10.0. The minimum atomic E-state index is -0.799. The summed E-state index contributed by atoms with van der Waals surface area (Å²) in [5, 5.41) is 8.87. The third kappa shape index (κ3) is 7.73. The number of carbonyl (C=O) groups is 6. The van der Waals surface area contributed by atoms with E-state index in [9.17, 15) is 28.8 Å². The molecular weight excluding hydrogens is 568 g/mol. The molecule has 0 spiro atoms. The molecule has 0 bridgehead atoms. The first kappa shape index (κ1) is 33.6. The fourth-order valence-corrected chi connectivity index (χ4v) is 5.04. The van der Waals surface area contributed by atoms with E-state index in [0.717, 1.165) is 0 Å². The second-order valence-corrected chi connectivity index (χ2v) is 10.3. The smallest absolute Gasteiger partial charge is 0.323 e. The molecule has 0 fully saturated rings. The molecule has 2 aliphatic rings. The number of fused-ring (bicyclic) bond motifs is 2. The Morgan fingerprint density at radius 3 is 1.43 bits per heavy atom. The fourth-order valence-electron chi connectivity index (χ4n) is 5.04. The molecule has 2 atom stereocenters. The van der Waals surface area contributed by atoms with Crippen LogP contribution in [0.2, 0.25) is 0 Å².